The van der Waals surface area contributed by atoms with Crippen LogP contribution in [-0.4, -0.2) is 44.9 Å². The summed E-state index contributed by atoms with van der Waals surface area (Å²) in [6.45, 7) is 4.12. The Hall–Kier alpha value is -6.99. The van der Waals surface area contributed by atoms with E-state index in [2.05, 4.69) is 105 Å². The molecule has 270 valence electrons. The number of phenolic OH excluding ortho intramolecular Hbond substituents is 2. The van der Waals surface area contributed by atoms with Gasteiger partial charge in [-0.05, 0) is 107 Å². The van der Waals surface area contributed by atoms with Crippen molar-refractivity contribution in [1.82, 2.24) is 4.57 Å². The minimum absolute atomic E-state index is 0.0000783. The molecule has 7 heteroatoms. The number of phenols is 2. The molecule has 0 fully saturated rings. The van der Waals surface area contributed by atoms with Crippen LogP contribution in [0.25, 0.3) is 38.4 Å². The largest absolute Gasteiger partial charge is 0.507 e. The molecule has 0 bridgehead atoms. The zero-order valence-electron chi connectivity index (χ0n) is 30.8. The molecule has 0 unspecified atom stereocenters. The third-order valence-corrected chi connectivity index (χ3v) is 11.4. The Morgan fingerprint density at radius 3 is 1.67 bits per heavy atom. The number of ketones is 1. The Kier molecular flexibility index (Phi) is 7.55. The molecule has 0 saturated heterocycles. The molecule has 9 rings (SSSR count). The number of benzene rings is 7. The molecular weight excluding hydrogens is 685 g/mol. The number of carbonyl (C=O) groups excluding carboxylic acids is 1. The number of hydrogen-bond donors (Lipinski definition) is 4. The van der Waals surface area contributed by atoms with E-state index in [-0.39, 0.29) is 29.0 Å². The predicted molar refractivity (Wildman–Crippen MR) is 218 cm³/mol. The number of aromatic hydroxyl groups is 4. The molecule has 0 spiro atoms. The van der Waals surface area contributed by atoms with E-state index in [1.165, 1.54) is 50.6 Å². The third kappa shape index (κ3) is 4.86. The molecule has 1 aromatic heterocycles. The lowest BCUT2D eigenvalue weighted by Gasteiger charge is -2.35. The molecule has 0 aliphatic heterocycles. The second kappa shape index (κ2) is 12.3. The van der Waals surface area contributed by atoms with Gasteiger partial charge in [0.1, 0.15) is 11.5 Å². The molecule has 0 amide bonds. The SMILES string of the molecule is Cc1cc(C2(c3ccc(-n4c(O)c5ccc(C(=O)c6ccc7c(O)ccc(O)c7c6)cc5c4O)c(C)c3)c3ccccc3-c3ccccc32)ccc1N(C)C. The van der Waals surface area contributed by atoms with Gasteiger partial charge in [-0.2, -0.15) is 0 Å². The van der Waals surface area contributed by atoms with Crippen molar-refractivity contribution in [2.75, 3.05) is 19.0 Å². The molecule has 8 aromatic rings. The molecular formula is C48H38N2O5. The summed E-state index contributed by atoms with van der Waals surface area (Å²) in [5.74, 6) is -0.728. The fraction of sp³-hybridized carbons (Fsp3) is 0.104. The van der Waals surface area contributed by atoms with Gasteiger partial charge in [-0.25, -0.2) is 0 Å². The number of aromatic nitrogens is 1. The van der Waals surface area contributed by atoms with Crippen molar-refractivity contribution in [2.45, 2.75) is 19.3 Å². The highest BCUT2D eigenvalue weighted by Crippen LogP contribution is 2.56. The van der Waals surface area contributed by atoms with Crippen LogP contribution in [0.4, 0.5) is 5.69 Å². The summed E-state index contributed by atoms with van der Waals surface area (Å²) in [7, 11) is 4.11. The van der Waals surface area contributed by atoms with E-state index in [9.17, 15) is 25.2 Å². The van der Waals surface area contributed by atoms with Gasteiger partial charge in [0.25, 0.3) is 0 Å². The Morgan fingerprint density at radius 1 is 0.545 bits per heavy atom. The lowest BCUT2D eigenvalue weighted by atomic mass is 9.67. The van der Waals surface area contributed by atoms with Crippen molar-refractivity contribution in [3.63, 3.8) is 0 Å². The summed E-state index contributed by atoms with van der Waals surface area (Å²) in [5, 5.41) is 45.5. The molecule has 4 N–H and O–H groups in total. The molecule has 7 aromatic carbocycles. The van der Waals surface area contributed by atoms with Crippen LogP contribution in [0.15, 0.2) is 133 Å². The predicted octanol–water partition coefficient (Wildman–Crippen LogP) is 9.88. The van der Waals surface area contributed by atoms with Crippen molar-refractivity contribution in [3.05, 3.63) is 178 Å². The number of anilines is 1. The van der Waals surface area contributed by atoms with Gasteiger partial charge in [-0.15, -0.1) is 0 Å². The third-order valence-electron chi connectivity index (χ3n) is 11.4. The first-order valence-electron chi connectivity index (χ1n) is 18.2. The molecule has 7 nitrogen and oxygen atoms in total. The van der Waals surface area contributed by atoms with Crippen LogP contribution in [-0.2, 0) is 5.41 Å². The first-order valence-corrected chi connectivity index (χ1v) is 18.2. The van der Waals surface area contributed by atoms with Gasteiger partial charge >= 0.3 is 0 Å². The highest BCUT2D eigenvalue weighted by atomic mass is 16.3. The van der Waals surface area contributed by atoms with Gasteiger partial charge in [0, 0.05) is 52.5 Å². The van der Waals surface area contributed by atoms with E-state index >= 15 is 0 Å². The normalized spacial score (nSPS) is 12.9. The fourth-order valence-corrected chi connectivity index (χ4v) is 8.81. The highest BCUT2D eigenvalue weighted by molar-refractivity contribution is 6.13. The first-order chi connectivity index (χ1) is 26.5. The van der Waals surface area contributed by atoms with E-state index in [0.29, 0.717) is 38.4 Å². The molecule has 1 heterocycles. The summed E-state index contributed by atoms with van der Waals surface area (Å²) in [5.41, 5.74) is 10.7. The topological polar surface area (TPSA) is 106 Å². The second-order valence-electron chi connectivity index (χ2n) is 14.7. The van der Waals surface area contributed by atoms with Crippen molar-refractivity contribution >= 4 is 33.0 Å². The summed E-state index contributed by atoms with van der Waals surface area (Å²) in [4.78, 5) is 15.8. The van der Waals surface area contributed by atoms with Crippen LogP contribution in [0, 0.1) is 13.8 Å². The van der Waals surface area contributed by atoms with Gasteiger partial charge < -0.3 is 25.3 Å². The van der Waals surface area contributed by atoms with Crippen LogP contribution in [0.5, 0.6) is 23.3 Å². The van der Waals surface area contributed by atoms with Crippen molar-refractivity contribution < 1.29 is 25.2 Å². The fourth-order valence-electron chi connectivity index (χ4n) is 8.81. The van der Waals surface area contributed by atoms with Crippen molar-refractivity contribution in [3.8, 4) is 40.1 Å². The Labute approximate surface area is 318 Å². The molecule has 0 atom stereocenters. The standard InChI is InChI=1S/C48H38N2O5/c1-27-23-31(15-19-41(27)49(3)4)48(39-11-7-5-9-33(39)34-10-6-8-12-40(34)48)32-16-20-42(28(2)24-32)50-46(54)36-18-14-30(26-38(36)47(50)55)45(53)29-13-17-35-37(25-29)44(52)22-21-43(35)51/h5-26,51-52,54-55H,1-4H3. The average Bonchev–Trinajstić information content (AvgIpc) is 3.63. The van der Waals surface area contributed by atoms with Gasteiger partial charge in [-0.1, -0.05) is 84.9 Å². The van der Waals surface area contributed by atoms with E-state index in [0.717, 1.165) is 22.4 Å². The number of carbonyl (C=O) groups is 1. The van der Waals surface area contributed by atoms with Gasteiger partial charge in [0.15, 0.2) is 5.78 Å². The summed E-state index contributed by atoms with van der Waals surface area (Å²) in [6, 6.07) is 42.3. The summed E-state index contributed by atoms with van der Waals surface area (Å²) in [6.07, 6.45) is 0. The van der Waals surface area contributed by atoms with Crippen LogP contribution in [0.2, 0.25) is 0 Å². The Bertz CT molecular complexity index is 2860. The lowest BCUT2D eigenvalue weighted by molar-refractivity contribution is 0.103. The smallest absolute Gasteiger partial charge is 0.206 e. The molecule has 0 saturated carbocycles. The Balaban J connectivity index is 1.18. The van der Waals surface area contributed by atoms with E-state index in [1.54, 1.807) is 30.3 Å². The van der Waals surface area contributed by atoms with Crippen LogP contribution >= 0.6 is 0 Å². The van der Waals surface area contributed by atoms with Gasteiger partial charge in [-0.3, -0.25) is 9.36 Å². The number of hydrogen-bond acceptors (Lipinski definition) is 6. The summed E-state index contributed by atoms with van der Waals surface area (Å²) < 4.78 is 1.42. The maximum absolute atomic E-state index is 13.7. The number of aryl methyl sites for hydroxylation is 2. The zero-order valence-corrected chi connectivity index (χ0v) is 30.8. The average molecular weight is 723 g/mol. The maximum Gasteiger partial charge on any atom is 0.206 e. The minimum Gasteiger partial charge on any atom is -0.507 e. The molecule has 0 radical (unpaired) electrons. The number of rotatable bonds is 6. The summed E-state index contributed by atoms with van der Waals surface area (Å²) >= 11 is 0. The lowest BCUT2D eigenvalue weighted by Crippen LogP contribution is -2.29. The molecule has 1 aliphatic rings. The van der Waals surface area contributed by atoms with Crippen LogP contribution < -0.4 is 4.90 Å². The molecule has 55 heavy (non-hydrogen) atoms. The highest BCUT2D eigenvalue weighted by Gasteiger charge is 2.46. The minimum atomic E-state index is -0.634. The van der Waals surface area contributed by atoms with Crippen LogP contribution in [0.1, 0.15) is 49.3 Å². The second-order valence-corrected chi connectivity index (χ2v) is 14.7. The van der Waals surface area contributed by atoms with Crippen molar-refractivity contribution in [1.29, 1.82) is 0 Å². The van der Waals surface area contributed by atoms with E-state index < -0.39 is 5.41 Å². The van der Waals surface area contributed by atoms with E-state index in [4.69, 9.17) is 0 Å². The van der Waals surface area contributed by atoms with Crippen LogP contribution in [0.3, 0.4) is 0 Å². The van der Waals surface area contributed by atoms with Crippen molar-refractivity contribution in [2.24, 2.45) is 0 Å². The molecule has 1 aliphatic carbocycles. The maximum atomic E-state index is 13.7. The monoisotopic (exact) mass is 722 g/mol. The number of fused-ring (bicyclic) bond motifs is 5. The Morgan fingerprint density at radius 2 is 1.07 bits per heavy atom. The van der Waals surface area contributed by atoms with Gasteiger partial charge in [0.2, 0.25) is 11.8 Å². The number of nitrogens with zero attached hydrogens (tertiary/aromatic N) is 2. The van der Waals surface area contributed by atoms with E-state index in [1.807, 2.05) is 13.0 Å². The first kappa shape index (κ1) is 33.8. The zero-order chi connectivity index (χ0) is 38.3. The quantitative estimate of drug-likeness (QED) is 0.101. The van der Waals surface area contributed by atoms with Gasteiger partial charge in [0.05, 0.1) is 11.1 Å².